The number of carbonyl (C=O) groups is 1. The molecule has 7 heteroatoms. The van der Waals surface area contributed by atoms with E-state index in [-0.39, 0.29) is 13.1 Å². The molecule has 0 aromatic heterocycles. The minimum Gasteiger partial charge on any atom is -0.388 e. The van der Waals surface area contributed by atoms with E-state index >= 15 is 0 Å². The summed E-state index contributed by atoms with van der Waals surface area (Å²) in [4.78, 5) is 12.8. The minimum absolute atomic E-state index is 0.0140. The van der Waals surface area contributed by atoms with Crippen LogP contribution < -0.4 is 0 Å². The third-order valence-electron chi connectivity index (χ3n) is 2.56. The highest BCUT2D eigenvalue weighted by atomic mass is 32.2. The molecule has 6 nitrogen and oxygen atoms in total. The number of aliphatic hydroxyl groups is 2. The maximum Gasteiger partial charge on any atom is 0.240 e. The molecule has 88 valence electrons. The lowest BCUT2D eigenvalue weighted by atomic mass is 10.3. The second-order valence-electron chi connectivity index (χ2n) is 3.85. The molecule has 1 heterocycles. The molecule has 1 rings (SSSR count). The van der Waals surface area contributed by atoms with Crippen LogP contribution >= 0.6 is 0 Å². The fourth-order valence-electron chi connectivity index (χ4n) is 1.39. The van der Waals surface area contributed by atoms with E-state index in [2.05, 4.69) is 0 Å². The van der Waals surface area contributed by atoms with Gasteiger partial charge in [0.1, 0.15) is 5.25 Å². The Labute approximate surface area is 88.4 Å². The zero-order chi connectivity index (χ0) is 11.8. The lowest BCUT2D eigenvalue weighted by Crippen LogP contribution is -2.40. The van der Waals surface area contributed by atoms with Gasteiger partial charge in [0.25, 0.3) is 0 Å². The van der Waals surface area contributed by atoms with E-state index in [1.54, 1.807) is 0 Å². The summed E-state index contributed by atoms with van der Waals surface area (Å²) in [6.07, 6.45) is -0.986. The van der Waals surface area contributed by atoms with Gasteiger partial charge in [-0.3, -0.25) is 4.79 Å². The first-order valence-corrected chi connectivity index (χ1v) is 6.52. The molecule has 1 amide bonds. The quantitative estimate of drug-likeness (QED) is 0.578. The van der Waals surface area contributed by atoms with E-state index in [4.69, 9.17) is 0 Å². The number of amides is 1. The highest BCUT2D eigenvalue weighted by molar-refractivity contribution is 7.92. The van der Waals surface area contributed by atoms with E-state index in [9.17, 15) is 23.4 Å². The Morgan fingerprint density at radius 3 is 2.07 bits per heavy atom. The molecule has 3 unspecified atom stereocenters. The first kappa shape index (κ1) is 12.4. The number of carbonyl (C=O) groups excluding carboxylic acids is 1. The Hall–Kier alpha value is -0.660. The number of hydrogen-bond acceptors (Lipinski definition) is 5. The van der Waals surface area contributed by atoms with Crippen LogP contribution in [0.2, 0.25) is 0 Å². The molecule has 2 N–H and O–H groups in total. The average molecular weight is 237 g/mol. The number of rotatable bonds is 2. The molecule has 0 saturated carbocycles. The van der Waals surface area contributed by atoms with Crippen LogP contribution in [-0.4, -0.2) is 66.2 Å². The van der Waals surface area contributed by atoms with Crippen LogP contribution in [0.25, 0.3) is 0 Å². The second kappa shape index (κ2) is 4.07. The smallest absolute Gasteiger partial charge is 0.240 e. The molecular weight excluding hydrogens is 222 g/mol. The maximum absolute atomic E-state index is 11.6. The third-order valence-corrected chi connectivity index (χ3v) is 4.05. The highest BCUT2D eigenvalue weighted by Crippen LogP contribution is 2.13. The summed E-state index contributed by atoms with van der Waals surface area (Å²) < 4.78 is 22.2. The Kier molecular flexibility index (Phi) is 3.37. The average Bonchev–Trinajstić information content (AvgIpc) is 2.43. The van der Waals surface area contributed by atoms with E-state index in [1.807, 2.05) is 0 Å². The van der Waals surface area contributed by atoms with Gasteiger partial charge in [0.15, 0.2) is 9.84 Å². The van der Waals surface area contributed by atoms with Crippen LogP contribution in [0.5, 0.6) is 0 Å². The van der Waals surface area contributed by atoms with Crippen molar-refractivity contribution in [3.05, 3.63) is 0 Å². The molecule has 1 aliphatic rings. The fourth-order valence-corrected chi connectivity index (χ4v) is 1.91. The summed E-state index contributed by atoms with van der Waals surface area (Å²) in [5, 5.41) is 17.3. The standard InChI is InChI=1S/C8H15NO5S/c1-5(15(2,13)14)8(12)9-3-6(10)7(11)4-9/h5-7,10-11H,3-4H2,1-2H3. The summed E-state index contributed by atoms with van der Waals surface area (Å²) >= 11 is 0. The van der Waals surface area contributed by atoms with Crippen molar-refractivity contribution in [3.8, 4) is 0 Å². The molecule has 0 aromatic rings. The Balaban J connectivity index is 2.72. The topological polar surface area (TPSA) is 94.9 Å². The van der Waals surface area contributed by atoms with Gasteiger partial charge in [-0.15, -0.1) is 0 Å². The first-order chi connectivity index (χ1) is 6.73. The van der Waals surface area contributed by atoms with Crippen LogP contribution in [0.1, 0.15) is 6.92 Å². The van der Waals surface area contributed by atoms with Gasteiger partial charge < -0.3 is 15.1 Å². The number of β-amino-alcohol motifs (C(OH)–C–C–N with tert-alkyl or cyclic N) is 2. The van der Waals surface area contributed by atoms with Crippen molar-refractivity contribution in [2.75, 3.05) is 19.3 Å². The molecule has 1 saturated heterocycles. The summed E-state index contributed by atoms with van der Waals surface area (Å²) in [6, 6.07) is 0. The lowest BCUT2D eigenvalue weighted by molar-refractivity contribution is -0.129. The van der Waals surface area contributed by atoms with Gasteiger partial charge in [-0.2, -0.15) is 0 Å². The predicted octanol–water partition coefficient (Wildman–Crippen LogP) is -2.02. The Morgan fingerprint density at radius 1 is 1.33 bits per heavy atom. The van der Waals surface area contributed by atoms with Crippen molar-refractivity contribution in [2.24, 2.45) is 0 Å². The van der Waals surface area contributed by atoms with Crippen LogP contribution in [0.3, 0.4) is 0 Å². The Morgan fingerprint density at radius 2 is 1.73 bits per heavy atom. The molecule has 1 aliphatic heterocycles. The largest absolute Gasteiger partial charge is 0.388 e. The van der Waals surface area contributed by atoms with Gasteiger partial charge in [0.2, 0.25) is 5.91 Å². The Bertz CT molecular complexity index is 342. The zero-order valence-corrected chi connectivity index (χ0v) is 9.44. The molecule has 0 aliphatic carbocycles. The van der Waals surface area contributed by atoms with Crippen LogP contribution in [-0.2, 0) is 14.6 Å². The molecule has 1 fully saturated rings. The summed E-state index contributed by atoms with van der Waals surface area (Å²) in [6.45, 7) is 1.27. The van der Waals surface area contributed by atoms with Crippen LogP contribution in [0.15, 0.2) is 0 Å². The summed E-state index contributed by atoms with van der Waals surface area (Å²) in [5.74, 6) is -0.576. The monoisotopic (exact) mass is 237 g/mol. The summed E-state index contributed by atoms with van der Waals surface area (Å²) in [7, 11) is -3.43. The fraction of sp³-hybridized carbons (Fsp3) is 0.875. The molecule has 0 spiro atoms. The molecule has 3 atom stereocenters. The number of hydrogen-bond donors (Lipinski definition) is 2. The van der Waals surface area contributed by atoms with Gasteiger partial charge in [-0.05, 0) is 6.92 Å². The maximum atomic E-state index is 11.6. The van der Waals surface area contributed by atoms with E-state index < -0.39 is 33.2 Å². The molecular formula is C8H15NO5S. The minimum atomic E-state index is -3.43. The van der Waals surface area contributed by atoms with Gasteiger partial charge in [0.05, 0.1) is 12.2 Å². The number of sulfone groups is 1. The van der Waals surface area contributed by atoms with Crippen molar-refractivity contribution in [1.29, 1.82) is 0 Å². The van der Waals surface area contributed by atoms with Gasteiger partial charge in [0, 0.05) is 19.3 Å². The number of likely N-dealkylation sites (tertiary alicyclic amines) is 1. The molecule has 0 aromatic carbocycles. The van der Waals surface area contributed by atoms with Crippen molar-refractivity contribution in [1.82, 2.24) is 4.90 Å². The third kappa shape index (κ3) is 2.67. The van der Waals surface area contributed by atoms with Crippen LogP contribution in [0, 0.1) is 0 Å². The van der Waals surface area contributed by atoms with Crippen molar-refractivity contribution < 1.29 is 23.4 Å². The van der Waals surface area contributed by atoms with Crippen molar-refractivity contribution in [3.63, 3.8) is 0 Å². The predicted molar refractivity (Wildman–Crippen MR) is 52.9 cm³/mol. The second-order valence-corrected chi connectivity index (χ2v) is 6.22. The van der Waals surface area contributed by atoms with Crippen LogP contribution in [0.4, 0.5) is 0 Å². The van der Waals surface area contributed by atoms with E-state index in [0.717, 1.165) is 6.26 Å². The number of aliphatic hydroxyl groups excluding tert-OH is 2. The normalized spacial score (nSPS) is 29.2. The first-order valence-electron chi connectivity index (χ1n) is 4.57. The zero-order valence-electron chi connectivity index (χ0n) is 8.62. The highest BCUT2D eigenvalue weighted by Gasteiger charge is 2.36. The van der Waals surface area contributed by atoms with Crippen molar-refractivity contribution >= 4 is 15.7 Å². The van der Waals surface area contributed by atoms with Gasteiger partial charge >= 0.3 is 0 Å². The van der Waals surface area contributed by atoms with Gasteiger partial charge in [-0.25, -0.2) is 8.42 Å². The number of nitrogens with zero attached hydrogens (tertiary/aromatic N) is 1. The lowest BCUT2D eigenvalue weighted by Gasteiger charge is -2.18. The molecule has 0 bridgehead atoms. The van der Waals surface area contributed by atoms with Crippen molar-refractivity contribution in [2.45, 2.75) is 24.4 Å². The molecule has 15 heavy (non-hydrogen) atoms. The SMILES string of the molecule is CC(C(=O)N1CC(O)C(O)C1)S(C)(=O)=O. The van der Waals surface area contributed by atoms with Gasteiger partial charge in [-0.1, -0.05) is 0 Å². The molecule has 0 radical (unpaired) electrons. The van der Waals surface area contributed by atoms with E-state index in [0.29, 0.717) is 0 Å². The summed E-state index contributed by atoms with van der Waals surface area (Å²) in [5.41, 5.74) is 0. The van der Waals surface area contributed by atoms with E-state index in [1.165, 1.54) is 11.8 Å².